The first kappa shape index (κ1) is 14.5. The monoisotopic (exact) mass is 298 g/mol. The maximum Gasteiger partial charge on any atom is 0.308 e. The number of piperidine rings is 1. The van der Waals surface area contributed by atoms with E-state index in [1.807, 2.05) is 30.3 Å². The van der Waals surface area contributed by atoms with Gasteiger partial charge in [0.1, 0.15) is 5.69 Å². The molecule has 5 heteroatoms. The molecule has 22 heavy (non-hydrogen) atoms. The Morgan fingerprint density at radius 2 is 1.86 bits per heavy atom. The van der Waals surface area contributed by atoms with Gasteiger partial charge in [0, 0.05) is 18.5 Å². The van der Waals surface area contributed by atoms with E-state index < -0.39 is 0 Å². The predicted molar refractivity (Wildman–Crippen MR) is 82.4 cm³/mol. The molecule has 0 N–H and O–H groups in total. The first-order valence-corrected chi connectivity index (χ1v) is 7.42. The summed E-state index contributed by atoms with van der Waals surface area (Å²) in [5.74, 6) is -0.358. The number of aromatic nitrogens is 1. The maximum atomic E-state index is 12.5. The van der Waals surface area contributed by atoms with Crippen LogP contribution in [-0.2, 0) is 9.53 Å². The van der Waals surface area contributed by atoms with Crippen molar-refractivity contribution in [3.05, 3.63) is 42.1 Å². The van der Waals surface area contributed by atoms with Crippen LogP contribution in [0, 0.1) is 5.92 Å². The van der Waals surface area contributed by atoms with Crippen molar-refractivity contribution in [3.63, 3.8) is 0 Å². The summed E-state index contributed by atoms with van der Waals surface area (Å²) in [5.41, 5.74) is 1.27. The van der Waals surface area contributed by atoms with E-state index >= 15 is 0 Å². The third kappa shape index (κ3) is 2.79. The molecule has 1 aromatic carbocycles. The number of esters is 1. The molecule has 0 atom stereocenters. The summed E-state index contributed by atoms with van der Waals surface area (Å²) >= 11 is 0. The number of likely N-dealkylation sites (tertiary alicyclic amines) is 1. The van der Waals surface area contributed by atoms with Gasteiger partial charge in [-0.15, -0.1) is 0 Å². The molecule has 2 heterocycles. The van der Waals surface area contributed by atoms with Gasteiger partial charge in [-0.05, 0) is 25.0 Å². The van der Waals surface area contributed by atoms with Gasteiger partial charge in [-0.2, -0.15) is 0 Å². The number of benzene rings is 1. The summed E-state index contributed by atoms with van der Waals surface area (Å²) in [6.07, 6.45) is 1.29. The molecule has 5 nitrogen and oxygen atoms in total. The predicted octanol–water partition coefficient (Wildman–Crippen LogP) is 2.26. The Labute approximate surface area is 128 Å². The van der Waals surface area contributed by atoms with E-state index in [4.69, 9.17) is 4.74 Å². The number of amides is 1. The zero-order valence-electron chi connectivity index (χ0n) is 12.5. The van der Waals surface area contributed by atoms with Crippen molar-refractivity contribution in [1.82, 2.24) is 9.88 Å². The number of hydrogen-bond donors (Lipinski definition) is 0. The minimum Gasteiger partial charge on any atom is -0.469 e. The summed E-state index contributed by atoms with van der Waals surface area (Å²) in [4.78, 5) is 30.3. The van der Waals surface area contributed by atoms with Crippen LogP contribution in [0.4, 0.5) is 0 Å². The third-order valence-electron chi connectivity index (χ3n) is 4.13. The summed E-state index contributed by atoms with van der Waals surface area (Å²) in [5, 5.41) is 1.02. The average molecular weight is 298 g/mol. The van der Waals surface area contributed by atoms with Crippen LogP contribution in [0.3, 0.4) is 0 Å². The highest BCUT2D eigenvalue weighted by atomic mass is 16.5. The van der Waals surface area contributed by atoms with E-state index in [1.54, 1.807) is 11.0 Å². The lowest BCUT2D eigenvalue weighted by molar-refractivity contribution is -0.146. The molecule has 1 aliphatic heterocycles. The van der Waals surface area contributed by atoms with Crippen molar-refractivity contribution in [2.24, 2.45) is 5.92 Å². The highest BCUT2D eigenvalue weighted by Crippen LogP contribution is 2.20. The maximum absolute atomic E-state index is 12.5. The third-order valence-corrected chi connectivity index (χ3v) is 4.13. The van der Waals surface area contributed by atoms with E-state index in [-0.39, 0.29) is 17.8 Å². The quantitative estimate of drug-likeness (QED) is 0.798. The Morgan fingerprint density at radius 3 is 2.59 bits per heavy atom. The number of methoxy groups -OCH3 is 1. The van der Waals surface area contributed by atoms with E-state index in [2.05, 4.69) is 4.98 Å². The summed E-state index contributed by atoms with van der Waals surface area (Å²) < 4.78 is 4.76. The number of carbonyl (C=O) groups is 2. The fourth-order valence-corrected chi connectivity index (χ4v) is 2.83. The van der Waals surface area contributed by atoms with E-state index in [0.717, 1.165) is 10.9 Å². The second-order valence-corrected chi connectivity index (χ2v) is 5.48. The van der Waals surface area contributed by atoms with Crippen LogP contribution in [0.5, 0.6) is 0 Å². The fourth-order valence-electron chi connectivity index (χ4n) is 2.83. The Hall–Kier alpha value is -2.43. The summed E-state index contributed by atoms with van der Waals surface area (Å²) in [6.45, 7) is 1.13. The van der Waals surface area contributed by atoms with Crippen LogP contribution in [0.2, 0.25) is 0 Å². The number of rotatable bonds is 2. The molecule has 1 aromatic heterocycles. The molecule has 114 valence electrons. The molecule has 3 rings (SSSR count). The molecular formula is C17H18N2O3. The van der Waals surface area contributed by atoms with Crippen LogP contribution in [-0.4, -0.2) is 42.0 Å². The van der Waals surface area contributed by atoms with Gasteiger partial charge in [-0.25, -0.2) is 4.98 Å². The fraction of sp³-hybridized carbons (Fsp3) is 0.353. The Kier molecular flexibility index (Phi) is 4.04. The van der Waals surface area contributed by atoms with E-state index in [9.17, 15) is 9.59 Å². The minimum atomic E-state index is -0.184. The second kappa shape index (κ2) is 6.13. The van der Waals surface area contributed by atoms with Crippen molar-refractivity contribution in [3.8, 4) is 0 Å². The molecule has 0 spiro atoms. The molecule has 0 aliphatic carbocycles. The van der Waals surface area contributed by atoms with Gasteiger partial charge in [0.25, 0.3) is 5.91 Å². The van der Waals surface area contributed by atoms with Crippen molar-refractivity contribution < 1.29 is 14.3 Å². The lowest BCUT2D eigenvalue weighted by Crippen LogP contribution is -2.40. The van der Waals surface area contributed by atoms with Crippen LogP contribution in [0.25, 0.3) is 10.9 Å². The van der Waals surface area contributed by atoms with Gasteiger partial charge in [0.15, 0.2) is 0 Å². The SMILES string of the molecule is COC(=O)C1CCN(C(=O)c2ccc3ccccc3n2)CC1. The molecule has 1 aliphatic rings. The van der Waals surface area contributed by atoms with Crippen LogP contribution in [0.1, 0.15) is 23.3 Å². The minimum absolute atomic E-state index is 0.0749. The lowest BCUT2D eigenvalue weighted by Gasteiger charge is -2.30. The van der Waals surface area contributed by atoms with Crippen LogP contribution in [0.15, 0.2) is 36.4 Å². The molecule has 2 aromatic rings. The molecule has 0 radical (unpaired) electrons. The number of fused-ring (bicyclic) bond motifs is 1. The number of para-hydroxylation sites is 1. The van der Waals surface area contributed by atoms with Gasteiger partial charge in [0.2, 0.25) is 0 Å². The first-order valence-electron chi connectivity index (χ1n) is 7.42. The Morgan fingerprint density at radius 1 is 1.14 bits per heavy atom. The van der Waals surface area contributed by atoms with Crippen molar-refractivity contribution in [2.45, 2.75) is 12.8 Å². The zero-order valence-corrected chi connectivity index (χ0v) is 12.5. The zero-order chi connectivity index (χ0) is 15.5. The van der Waals surface area contributed by atoms with Gasteiger partial charge in [-0.3, -0.25) is 9.59 Å². The normalized spacial score (nSPS) is 15.8. The van der Waals surface area contributed by atoms with Crippen molar-refractivity contribution in [2.75, 3.05) is 20.2 Å². The number of pyridine rings is 1. The highest BCUT2D eigenvalue weighted by molar-refractivity contribution is 5.95. The molecule has 1 saturated heterocycles. The van der Waals surface area contributed by atoms with Gasteiger partial charge >= 0.3 is 5.97 Å². The molecule has 0 saturated carbocycles. The highest BCUT2D eigenvalue weighted by Gasteiger charge is 2.28. The Balaban J connectivity index is 1.72. The number of carbonyl (C=O) groups excluding carboxylic acids is 2. The number of ether oxygens (including phenoxy) is 1. The molecular weight excluding hydrogens is 280 g/mol. The second-order valence-electron chi connectivity index (χ2n) is 5.48. The Bertz CT molecular complexity index is 706. The molecule has 1 fully saturated rings. The van der Waals surface area contributed by atoms with Gasteiger partial charge in [-0.1, -0.05) is 24.3 Å². The van der Waals surface area contributed by atoms with Crippen molar-refractivity contribution >= 4 is 22.8 Å². The van der Waals surface area contributed by atoms with Crippen molar-refractivity contribution in [1.29, 1.82) is 0 Å². The molecule has 1 amide bonds. The van der Waals surface area contributed by atoms with Gasteiger partial charge in [0.05, 0.1) is 18.5 Å². The summed E-state index contributed by atoms with van der Waals surface area (Å²) in [7, 11) is 1.40. The summed E-state index contributed by atoms with van der Waals surface area (Å²) in [6, 6.07) is 11.4. The smallest absolute Gasteiger partial charge is 0.308 e. The van der Waals surface area contributed by atoms with Crippen LogP contribution < -0.4 is 0 Å². The first-order chi connectivity index (χ1) is 10.7. The molecule has 0 bridgehead atoms. The number of nitrogens with zero attached hydrogens (tertiary/aromatic N) is 2. The largest absolute Gasteiger partial charge is 0.469 e. The van der Waals surface area contributed by atoms with E-state index in [1.165, 1.54) is 7.11 Å². The standard InChI is InChI=1S/C17H18N2O3/c1-22-17(21)13-8-10-19(11-9-13)16(20)15-7-6-12-4-2-3-5-14(12)18-15/h2-7,13H,8-11H2,1H3. The average Bonchev–Trinajstić information content (AvgIpc) is 2.60. The lowest BCUT2D eigenvalue weighted by atomic mass is 9.97. The van der Waals surface area contributed by atoms with Gasteiger partial charge < -0.3 is 9.64 Å². The number of hydrogen-bond acceptors (Lipinski definition) is 4. The molecule has 0 unspecified atom stereocenters. The topological polar surface area (TPSA) is 59.5 Å². The van der Waals surface area contributed by atoms with E-state index in [0.29, 0.717) is 31.6 Å². The van der Waals surface area contributed by atoms with Crippen LogP contribution >= 0.6 is 0 Å².